The third kappa shape index (κ3) is 3.56. The van der Waals surface area contributed by atoms with E-state index >= 15 is 0 Å². The first kappa shape index (κ1) is 15.2. The zero-order chi connectivity index (χ0) is 14.5. The van der Waals surface area contributed by atoms with Crippen molar-refractivity contribution in [2.45, 2.75) is 27.2 Å². The Morgan fingerprint density at radius 3 is 2.42 bits per heavy atom. The van der Waals surface area contributed by atoms with Crippen LogP contribution in [0.15, 0.2) is 24.3 Å². The maximum Gasteiger partial charge on any atom is 0.319 e. The number of hydrogen-bond donors (Lipinski definition) is 0. The molecule has 0 N–H and O–H groups in total. The van der Waals surface area contributed by atoms with Gasteiger partial charge in [-0.1, -0.05) is 18.2 Å². The minimum Gasteiger partial charge on any atom is -0.496 e. The number of carbonyl (C=O) groups excluding carboxylic acids is 2. The molecule has 0 aliphatic carbocycles. The number of para-hydroxylation sites is 1. The monoisotopic (exact) mass is 264 g/mol. The average molecular weight is 264 g/mol. The second kappa shape index (κ2) is 6.36. The second-order valence-corrected chi connectivity index (χ2v) is 4.76. The molecule has 4 heteroatoms. The molecule has 19 heavy (non-hydrogen) atoms. The molecule has 0 atom stereocenters. The first-order valence-electron chi connectivity index (χ1n) is 6.25. The van der Waals surface area contributed by atoms with Crippen molar-refractivity contribution in [3.63, 3.8) is 0 Å². The standard InChI is InChI=1S/C15H20O4/c1-5-19-14(17)15(2,3)13(16)10-11-8-6-7-9-12(11)18-4/h6-9H,5,10H2,1-4H3. The van der Waals surface area contributed by atoms with Crippen LogP contribution < -0.4 is 4.74 Å². The van der Waals surface area contributed by atoms with E-state index < -0.39 is 11.4 Å². The van der Waals surface area contributed by atoms with Gasteiger partial charge in [0.15, 0.2) is 5.78 Å². The van der Waals surface area contributed by atoms with Crippen LogP contribution in [0.4, 0.5) is 0 Å². The topological polar surface area (TPSA) is 52.6 Å². The molecule has 1 rings (SSSR count). The van der Waals surface area contributed by atoms with Crippen molar-refractivity contribution in [1.29, 1.82) is 0 Å². The summed E-state index contributed by atoms with van der Waals surface area (Å²) in [6.07, 6.45) is 0.149. The van der Waals surface area contributed by atoms with Crippen LogP contribution in [0.1, 0.15) is 26.3 Å². The molecule has 1 aromatic carbocycles. The fourth-order valence-corrected chi connectivity index (χ4v) is 1.67. The highest BCUT2D eigenvalue weighted by atomic mass is 16.5. The van der Waals surface area contributed by atoms with Gasteiger partial charge in [0.2, 0.25) is 0 Å². The van der Waals surface area contributed by atoms with E-state index in [4.69, 9.17) is 9.47 Å². The van der Waals surface area contributed by atoms with Gasteiger partial charge in [-0.3, -0.25) is 9.59 Å². The van der Waals surface area contributed by atoms with Crippen LogP contribution in [-0.2, 0) is 20.7 Å². The van der Waals surface area contributed by atoms with Gasteiger partial charge in [-0.15, -0.1) is 0 Å². The van der Waals surface area contributed by atoms with Crippen molar-refractivity contribution < 1.29 is 19.1 Å². The lowest BCUT2D eigenvalue weighted by atomic mass is 9.84. The van der Waals surface area contributed by atoms with Crippen LogP contribution >= 0.6 is 0 Å². The lowest BCUT2D eigenvalue weighted by molar-refractivity contribution is -0.157. The van der Waals surface area contributed by atoms with Crippen LogP contribution in [-0.4, -0.2) is 25.5 Å². The fraction of sp³-hybridized carbons (Fsp3) is 0.467. The molecule has 104 valence electrons. The number of esters is 1. The SMILES string of the molecule is CCOC(=O)C(C)(C)C(=O)Cc1ccccc1OC. The maximum absolute atomic E-state index is 12.3. The van der Waals surface area contributed by atoms with Gasteiger partial charge in [0.05, 0.1) is 13.7 Å². The largest absolute Gasteiger partial charge is 0.496 e. The molecule has 0 aliphatic heterocycles. The third-order valence-electron chi connectivity index (χ3n) is 3.03. The van der Waals surface area contributed by atoms with E-state index in [1.54, 1.807) is 33.9 Å². The number of Topliss-reactive ketones (excluding diaryl/α,β-unsaturated/α-hetero) is 1. The molecular weight excluding hydrogens is 244 g/mol. The zero-order valence-electron chi connectivity index (χ0n) is 11.9. The van der Waals surface area contributed by atoms with E-state index in [0.29, 0.717) is 5.75 Å². The minimum absolute atomic E-state index is 0.149. The van der Waals surface area contributed by atoms with Gasteiger partial charge in [0.1, 0.15) is 11.2 Å². The molecule has 0 fully saturated rings. The van der Waals surface area contributed by atoms with Gasteiger partial charge < -0.3 is 9.47 Å². The van der Waals surface area contributed by atoms with Crippen LogP contribution in [0.3, 0.4) is 0 Å². The van der Waals surface area contributed by atoms with Crippen molar-refractivity contribution in [3.8, 4) is 5.75 Å². The average Bonchev–Trinajstić information content (AvgIpc) is 2.39. The molecule has 0 bridgehead atoms. The molecule has 0 spiro atoms. The summed E-state index contributed by atoms with van der Waals surface area (Å²) in [6.45, 7) is 5.16. The number of hydrogen-bond acceptors (Lipinski definition) is 4. The van der Waals surface area contributed by atoms with Crippen molar-refractivity contribution >= 4 is 11.8 Å². The lowest BCUT2D eigenvalue weighted by Crippen LogP contribution is -2.36. The fourth-order valence-electron chi connectivity index (χ4n) is 1.67. The molecule has 0 radical (unpaired) electrons. The van der Waals surface area contributed by atoms with Crippen molar-refractivity contribution in [2.75, 3.05) is 13.7 Å². The molecular formula is C15H20O4. The molecule has 0 unspecified atom stereocenters. The summed E-state index contributed by atoms with van der Waals surface area (Å²) in [4.78, 5) is 24.0. The van der Waals surface area contributed by atoms with Gasteiger partial charge in [0.25, 0.3) is 0 Å². The number of ketones is 1. The zero-order valence-corrected chi connectivity index (χ0v) is 11.9. The molecule has 0 aliphatic rings. The Balaban J connectivity index is 2.87. The molecule has 0 aromatic heterocycles. The highest BCUT2D eigenvalue weighted by Gasteiger charge is 2.37. The lowest BCUT2D eigenvalue weighted by Gasteiger charge is -2.21. The number of carbonyl (C=O) groups is 2. The predicted octanol–water partition coefficient (Wildman–Crippen LogP) is 2.40. The van der Waals surface area contributed by atoms with Gasteiger partial charge in [-0.2, -0.15) is 0 Å². The second-order valence-electron chi connectivity index (χ2n) is 4.76. The van der Waals surface area contributed by atoms with E-state index in [9.17, 15) is 9.59 Å². The minimum atomic E-state index is -1.14. The molecule has 0 saturated carbocycles. The summed E-state index contributed by atoms with van der Waals surface area (Å²) in [5.41, 5.74) is -0.371. The van der Waals surface area contributed by atoms with E-state index in [0.717, 1.165) is 5.56 Å². The Bertz CT molecular complexity index is 463. The summed E-state index contributed by atoms with van der Waals surface area (Å²) >= 11 is 0. The quantitative estimate of drug-likeness (QED) is 0.585. The van der Waals surface area contributed by atoms with Gasteiger partial charge in [0, 0.05) is 12.0 Å². The Morgan fingerprint density at radius 2 is 1.84 bits per heavy atom. The van der Waals surface area contributed by atoms with Crippen molar-refractivity contribution in [1.82, 2.24) is 0 Å². The number of rotatable bonds is 6. The van der Waals surface area contributed by atoms with Gasteiger partial charge >= 0.3 is 5.97 Å². The highest BCUT2D eigenvalue weighted by Crippen LogP contribution is 2.25. The van der Waals surface area contributed by atoms with Crippen LogP contribution in [0.2, 0.25) is 0 Å². The summed E-state index contributed by atoms with van der Waals surface area (Å²) in [6, 6.07) is 7.28. The number of ether oxygens (including phenoxy) is 2. The van der Waals surface area contributed by atoms with E-state index in [1.807, 2.05) is 18.2 Å². The first-order chi connectivity index (χ1) is 8.93. The smallest absolute Gasteiger partial charge is 0.319 e. The Hall–Kier alpha value is -1.84. The summed E-state index contributed by atoms with van der Waals surface area (Å²) in [7, 11) is 1.56. The maximum atomic E-state index is 12.3. The summed E-state index contributed by atoms with van der Waals surface area (Å²) in [5, 5.41) is 0. The Morgan fingerprint density at radius 1 is 1.21 bits per heavy atom. The predicted molar refractivity (Wildman–Crippen MR) is 72.1 cm³/mol. The highest BCUT2D eigenvalue weighted by molar-refractivity contribution is 6.03. The normalized spacial score (nSPS) is 10.9. The molecule has 0 saturated heterocycles. The van der Waals surface area contributed by atoms with E-state index in [-0.39, 0.29) is 18.8 Å². The number of benzene rings is 1. The number of methoxy groups -OCH3 is 1. The first-order valence-corrected chi connectivity index (χ1v) is 6.25. The Labute approximate surface area is 113 Å². The molecule has 4 nitrogen and oxygen atoms in total. The van der Waals surface area contributed by atoms with Crippen LogP contribution in [0, 0.1) is 5.41 Å². The molecule has 0 amide bonds. The van der Waals surface area contributed by atoms with Crippen LogP contribution in [0.5, 0.6) is 5.75 Å². The van der Waals surface area contributed by atoms with Crippen molar-refractivity contribution in [2.24, 2.45) is 5.41 Å². The molecule has 0 heterocycles. The van der Waals surface area contributed by atoms with E-state index in [1.165, 1.54) is 0 Å². The van der Waals surface area contributed by atoms with Crippen molar-refractivity contribution in [3.05, 3.63) is 29.8 Å². The Kier molecular flexibility index (Phi) is 5.10. The molecule has 1 aromatic rings. The summed E-state index contributed by atoms with van der Waals surface area (Å²) in [5.74, 6) is -0.0270. The van der Waals surface area contributed by atoms with Crippen LogP contribution in [0.25, 0.3) is 0 Å². The van der Waals surface area contributed by atoms with Gasteiger partial charge in [-0.25, -0.2) is 0 Å². The van der Waals surface area contributed by atoms with Gasteiger partial charge in [-0.05, 0) is 26.8 Å². The third-order valence-corrected chi connectivity index (χ3v) is 3.03. The summed E-state index contributed by atoms with van der Waals surface area (Å²) < 4.78 is 10.1. The van der Waals surface area contributed by atoms with E-state index in [2.05, 4.69) is 0 Å².